The topological polar surface area (TPSA) is 70.6 Å². The molecule has 1 aliphatic rings. The third-order valence-electron chi connectivity index (χ3n) is 2.38. The van der Waals surface area contributed by atoms with Crippen molar-refractivity contribution in [2.75, 3.05) is 13.7 Å². The van der Waals surface area contributed by atoms with Crippen molar-refractivity contribution in [1.82, 2.24) is 10.6 Å². The molecule has 1 atom stereocenters. The third-order valence-corrected chi connectivity index (χ3v) is 2.38. The number of carbonyl (C=O) groups excluding carboxylic acids is 1. The maximum absolute atomic E-state index is 10.9. The molecule has 0 aromatic heterocycles. The Bertz CT molecular complexity index is 392. The van der Waals surface area contributed by atoms with E-state index in [1.165, 1.54) is 7.11 Å². The molecular formula is C10H12N2O3. The Labute approximate surface area is 87.1 Å². The second-order valence-corrected chi connectivity index (χ2v) is 3.34. The molecule has 0 unspecified atom stereocenters. The predicted molar refractivity (Wildman–Crippen MR) is 53.9 cm³/mol. The first-order valence-corrected chi connectivity index (χ1v) is 4.62. The highest BCUT2D eigenvalue weighted by molar-refractivity contribution is 5.77. The average Bonchev–Trinajstić information content (AvgIpc) is 2.66. The number of aromatic hydroxyl groups is 1. The van der Waals surface area contributed by atoms with Crippen molar-refractivity contribution in [1.29, 1.82) is 0 Å². The standard InChI is InChI=1S/C10H12N2O3/c1-15-9-4-6(2-3-8(9)13)7-5-11-10(14)12-7/h2-4,7,13H,5H2,1H3,(H2,11,12,14)/t7-/m0/s1. The van der Waals surface area contributed by atoms with Gasteiger partial charge in [0.15, 0.2) is 11.5 Å². The van der Waals surface area contributed by atoms with Crippen LogP contribution in [0.2, 0.25) is 0 Å². The molecule has 5 nitrogen and oxygen atoms in total. The fourth-order valence-corrected chi connectivity index (χ4v) is 1.57. The fraction of sp³-hybridized carbons (Fsp3) is 0.300. The second-order valence-electron chi connectivity index (χ2n) is 3.34. The molecule has 0 spiro atoms. The van der Waals surface area contributed by atoms with Crippen LogP contribution < -0.4 is 15.4 Å². The van der Waals surface area contributed by atoms with Gasteiger partial charge in [0.05, 0.1) is 13.2 Å². The van der Waals surface area contributed by atoms with Crippen LogP contribution in [0.1, 0.15) is 11.6 Å². The molecule has 1 fully saturated rings. The summed E-state index contributed by atoms with van der Waals surface area (Å²) in [5.41, 5.74) is 0.906. The van der Waals surface area contributed by atoms with E-state index in [1.807, 2.05) is 0 Å². The molecule has 3 N–H and O–H groups in total. The van der Waals surface area contributed by atoms with Crippen molar-refractivity contribution in [2.45, 2.75) is 6.04 Å². The number of urea groups is 1. The van der Waals surface area contributed by atoms with E-state index in [4.69, 9.17) is 4.74 Å². The van der Waals surface area contributed by atoms with Crippen LogP contribution in [-0.2, 0) is 0 Å². The minimum absolute atomic E-state index is 0.0630. The number of methoxy groups -OCH3 is 1. The van der Waals surface area contributed by atoms with E-state index in [0.29, 0.717) is 12.3 Å². The molecule has 1 aromatic rings. The molecule has 5 heteroatoms. The van der Waals surface area contributed by atoms with E-state index < -0.39 is 0 Å². The highest BCUT2D eigenvalue weighted by Crippen LogP contribution is 2.29. The number of phenols is 1. The maximum Gasteiger partial charge on any atom is 0.315 e. The average molecular weight is 208 g/mol. The van der Waals surface area contributed by atoms with E-state index in [0.717, 1.165) is 5.56 Å². The summed E-state index contributed by atoms with van der Waals surface area (Å²) in [4.78, 5) is 10.9. The van der Waals surface area contributed by atoms with E-state index >= 15 is 0 Å². The van der Waals surface area contributed by atoms with E-state index in [9.17, 15) is 9.90 Å². The molecule has 15 heavy (non-hydrogen) atoms. The van der Waals surface area contributed by atoms with Gasteiger partial charge in [0.2, 0.25) is 0 Å². The summed E-state index contributed by atoms with van der Waals surface area (Å²) in [6.07, 6.45) is 0. The van der Waals surface area contributed by atoms with Crippen LogP contribution >= 0.6 is 0 Å². The number of hydrogen-bond acceptors (Lipinski definition) is 3. The predicted octanol–water partition coefficient (Wildman–Crippen LogP) is 0.755. The van der Waals surface area contributed by atoms with Crippen LogP contribution in [0.25, 0.3) is 0 Å². The van der Waals surface area contributed by atoms with Crippen molar-refractivity contribution in [3.8, 4) is 11.5 Å². The quantitative estimate of drug-likeness (QED) is 0.671. The first-order chi connectivity index (χ1) is 7.20. The summed E-state index contributed by atoms with van der Waals surface area (Å²) >= 11 is 0. The SMILES string of the molecule is COc1cc([C@@H]2CNC(=O)N2)ccc1O. The van der Waals surface area contributed by atoms with Gasteiger partial charge in [-0.05, 0) is 17.7 Å². The molecule has 2 rings (SSSR count). The number of carbonyl (C=O) groups is 1. The van der Waals surface area contributed by atoms with Gasteiger partial charge in [0.25, 0.3) is 0 Å². The van der Waals surface area contributed by atoms with E-state index in [1.54, 1.807) is 18.2 Å². The molecule has 0 radical (unpaired) electrons. The zero-order chi connectivity index (χ0) is 10.8. The summed E-state index contributed by atoms with van der Waals surface area (Å²) in [6.45, 7) is 0.548. The minimum Gasteiger partial charge on any atom is -0.504 e. The van der Waals surface area contributed by atoms with E-state index in [-0.39, 0.29) is 17.8 Å². The minimum atomic E-state index is -0.174. The van der Waals surface area contributed by atoms with Crippen molar-refractivity contribution in [3.05, 3.63) is 23.8 Å². The van der Waals surface area contributed by atoms with Gasteiger partial charge < -0.3 is 20.5 Å². The fourth-order valence-electron chi connectivity index (χ4n) is 1.57. The van der Waals surface area contributed by atoms with Gasteiger partial charge in [0, 0.05) is 6.54 Å². The van der Waals surface area contributed by atoms with Crippen molar-refractivity contribution < 1.29 is 14.6 Å². The lowest BCUT2D eigenvalue weighted by Gasteiger charge is -2.11. The normalized spacial score (nSPS) is 19.5. The lowest BCUT2D eigenvalue weighted by atomic mass is 10.1. The molecule has 1 heterocycles. The lowest BCUT2D eigenvalue weighted by molar-refractivity contribution is 0.247. The Kier molecular flexibility index (Phi) is 2.37. The first-order valence-electron chi connectivity index (χ1n) is 4.62. The van der Waals surface area contributed by atoms with Crippen molar-refractivity contribution in [3.63, 3.8) is 0 Å². The number of rotatable bonds is 2. The lowest BCUT2D eigenvalue weighted by Crippen LogP contribution is -2.21. The zero-order valence-corrected chi connectivity index (χ0v) is 8.28. The number of hydrogen-bond donors (Lipinski definition) is 3. The summed E-state index contributed by atoms with van der Waals surface area (Å²) in [5.74, 6) is 0.507. The smallest absolute Gasteiger partial charge is 0.315 e. The molecule has 0 aliphatic carbocycles. The van der Waals surface area contributed by atoms with Crippen molar-refractivity contribution in [2.24, 2.45) is 0 Å². The number of ether oxygens (including phenoxy) is 1. The van der Waals surface area contributed by atoms with Gasteiger partial charge in [-0.2, -0.15) is 0 Å². The highest BCUT2D eigenvalue weighted by Gasteiger charge is 2.22. The number of benzene rings is 1. The second kappa shape index (κ2) is 3.68. The summed E-state index contributed by atoms with van der Waals surface area (Å²) in [6, 6.07) is 4.79. The van der Waals surface area contributed by atoms with Crippen LogP contribution in [0.15, 0.2) is 18.2 Å². The zero-order valence-electron chi connectivity index (χ0n) is 8.28. The number of nitrogens with one attached hydrogen (secondary N) is 2. The highest BCUT2D eigenvalue weighted by atomic mass is 16.5. The molecule has 80 valence electrons. The first kappa shape index (κ1) is 9.64. The number of phenolic OH excluding ortho intramolecular Hbond substituents is 1. The van der Waals surface area contributed by atoms with Crippen LogP contribution in [0.3, 0.4) is 0 Å². The molecule has 0 bridgehead atoms. The Hall–Kier alpha value is -1.91. The molecule has 1 aromatic carbocycles. The molecule has 0 saturated carbocycles. The Morgan fingerprint density at radius 2 is 2.33 bits per heavy atom. The summed E-state index contributed by atoms with van der Waals surface area (Å²) in [5, 5.41) is 14.8. The largest absolute Gasteiger partial charge is 0.504 e. The molecular weight excluding hydrogens is 196 g/mol. The van der Waals surface area contributed by atoms with Gasteiger partial charge in [-0.1, -0.05) is 6.07 Å². The molecule has 1 saturated heterocycles. The Morgan fingerprint density at radius 1 is 1.53 bits per heavy atom. The van der Waals surface area contributed by atoms with Gasteiger partial charge >= 0.3 is 6.03 Å². The Morgan fingerprint density at radius 3 is 2.93 bits per heavy atom. The van der Waals surface area contributed by atoms with Gasteiger partial charge in [-0.3, -0.25) is 0 Å². The number of amides is 2. The molecule has 2 amide bonds. The van der Waals surface area contributed by atoms with Gasteiger partial charge in [-0.15, -0.1) is 0 Å². The van der Waals surface area contributed by atoms with Crippen molar-refractivity contribution >= 4 is 6.03 Å². The van der Waals surface area contributed by atoms with Gasteiger partial charge in [0.1, 0.15) is 0 Å². The van der Waals surface area contributed by atoms with E-state index in [2.05, 4.69) is 10.6 Å². The monoisotopic (exact) mass is 208 g/mol. The summed E-state index contributed by atoms with van der Waals surface area (Å²) < 4.78 is 4.99. The van der Waals surface area contributed by atoms with Crippen LogP contribution in [0, 0.1) is 0 Å². The Balaban J connectivity index is 2.25. The summed E-state index contributed by atoms with van der Waals surface area (Å²) in [7, 11) is 1.49. The van der Waals surface area contributed by atoms with Crippen LogP contribution in [0.5, 0.6) is 11.5 Å². The van der Waals surface area contributed by atoms with Crippen LogP contribution in [0.4, 0.5) is 4.79 Å². The maximum atomic E-state index is 10.9. The van der Waals surface area contributed by atoms with Crippen LogP contribution in [-0.4, -0.2) is 24.8 Å². The van der Waals surface area contributed by atoms with Gasteiger partial charge in [-0.25, -0.2) is 4.79 Å². The molecule has 1 aliphatic heterocycles. The third kappa shape index (κ3) is 1.81.